The van der Waals surface area contributed by atoms with Crippen molar-refractivity contribution in [2.75, 3.05) is 64.2 Å². The second kappa shape index (κ2) is 12.6. The van der Waals surface area contributed by atoms with Gasteiger partial charge in [0.1, 0.15) is 5.75 Å². The van der Waals surface area contributed by atoms with Gasteiger partial charge in [0.25, 0.3) is 0 Å². The number of anilines is 1. The van der Waals surface area contributed by atoms with Crippen LogP contribution < -0.4 is 15.0 Å². The van der Waals surface area contributed by atoms with Gasteiger partial charge in [0, 0.05) is 46.3 Å². The number of piperazine rings is 1. The molecule has 1 fully saturated rings. The lowest BCUT2D eigenvalue weighted by molar-refractivity contribution is -0.131. The molecule has 2 amide bonds. The molecular formula is C21H29N5O4S2. The molecular weight excluding hydrogens is 450 g/mol. The van der Waals surface area contributed by atoms with E-state index in [1.54, 1.807) is 14.2 Å². The first kappa shape index (κ1) is 24.3. The minimum atomic E-state index is -0.0504. The van der Waals surface area contributed by atoms with Gasteiger partial charge in [-0.25, -0.2) is 0 Å². The van der Waals surface area contributed by atoms with Crippen LogP contribution in [0.25, 0.3) is 0 Å². The minimum Gasteiger partial charge on any atom is -0.497 e. The number of hydrogen-bond donors (Lipinski definition) is 1. The van der Waals surface area contributed by atoms with E-state index in [2.05, 4.69) is 20.4 Å². The van der Waals surface area contributed by atoms with Crippen molar-refractivity contribution < 1.29 is 19.1 Å². The van der Waals surface area contributed by atoms with Crippen molar-refractivity contribution in [3.63, 3.8) is 0 Å². The maximum atomic E-state index is 12.6. The van der Waals surface area contributed by atoms with Crippen molar-refractivity contribution in [3.8, 4) is 5.75 Å². The first-order valence-corrected chi connectivity index (χ1v) is 12.3. The largest absolute Gasteiger partial charge is 0.497 e. The quantitative estimate of drug-likeness (QED) is 0.384. The number of amides is 2. The van der Waals surface area contributed by atoms with E-state index in [1.165, 1.54) is 23.1 Å². The van der Waals surface area contributed by atoms with Crippen LogP contribution in [0.3, 0.4) is 0 Å². The molecule has 0 unspecified atom stereocenters. The zero-order valence-corrected chi connectivity index (χ0v) is 20.0. The number of aryl methyl sites for hydroxylation is 1. The summed E-state index contributed by atoms with van der Waals surface area (Å²) in [6.07, 6.45) is 1.22. The Labute approximate surface area is 196 Å². The maximum absolute atomic E-state index is 12.6. The van der Waals surface area contributed by atoms with Crippen LogP contribution in [0.1, 0.15) is 12.0 Å². The van der Waals surface area contributed by atoms with Crippen molar-refractivity contribution in [3.05, 3.63) is 29.8 Å². The Morgan fingerprint density at radius 2 is 1.88 bits per heavy atom. The van der Waals surface area contributed by atoms with Gasteiger partial charge in [-0.05, 0) is 24.1 Å². The fourth-order valence-corrected chi connectivity index (χ4v) is 4.93. The molecule has 0 spiro atoms. The third kappa shape index (κ3) is 7.35. The molecule has 1 aromatic heterocycles. The van der Waals surface area contributed by atoms with E-state index in [1.807, 2.05) is 29.2 Å². The molecule has 11 heteroatoms. The highest BCUT2D eigenvalue weighted by Gasteiger charge is 2.23. The van der Waals surface area contributed by atoms with Gasteiger partial charge < -0.3 is 24.6 Å². The molecule has 0 aliphatic carbocycles. The summed E-state index contributed by atoms with van der Waals surface area (Å²) in [4.78, 5) is 28.4. The normalized spacial score (nSPS) is 13.8. The highest BCUT2D eigenvalue weighted by atomic mass is 32.2. The van der Waals surface area contributed by atoms with Crippen LogP contribution in [0.2, 0.25) is 0 Å². The number of nitrogens with one attached hydrogen (secondary N) is 1. The van der Waals surface area contributed by atoms with Crippen LogP contribution in [0.15, 0.2) is 28.6 Å². The molecule has 0 bridgehead atoms. The third-order valence-corrected chi connectivity index (χ3v) is 7.16. The average Bonchev–Trinajstić information content (AvgIpc) is 3.31. The first-order chi connectivity index (χ1) is 15.6. The number of methoxy groups -OCH3 is 2. The number of ether oxygens (including phenoxy) is 2. The monoisotopic (exact) mass is 479 g/mol. The van der Waals surface area contributed by atoms with Crippen LogP contribution in [0.4, 0.5) is 5.13 Å². The topological polar surface area (TPSA) is 96.9 Å². The fourth-order valence-electron chi connectivity index (χ4n) is 3.21. The zero-order chi connectivity index (χ0) is 22.8. The smallest absolute Gasteiger partial charge is 0.230 e. The first-order valence-electron chi connectivity index (χ1n) is 10.5. The Morgan fingerprint density at radius 1 is 1.12 bits per heavy atom. The number of rotatable bonds is 11. The van der Waals surface area contributed by atoms with E-state index in [0.717, 1.165) is 40.3 Å². The van der Waals surface area contributed by atoms with E-state index in [0.29, 0.717) is 38.4 Å². The van der Waals surface area contributed by atoms with E-state index >= 15 is 0 Å². The lowest BCUT2D eigenvalue weighted by Gasteiger charge is -2.34. The molecule has 3 rings (SSSR count). The number of hydrogen-bond acceptors (Lipinski definition) is 9. The number of thioether (sulfide) groups is 1. The minimum absolute atomic E-state index is 0.0504. The van der Waals surface area contributed by atoms with Gasteiger partial charge in [-0.3, -0.25) is 9.59 Å². The number of carbonyl (C=O) groups is 2. The van der Waals surface area contributed by atoms with Gasteiger partial charge in [0.2, 0.25) is 16.9 Å². The summed E-state index contributed by atoms with van der Waals surface area (Å²) >= 11 is 2.85. The molecule has 2 aromatic rings. The summed E-state index contributed by atoms with van der Waals surface area (Å²) in [7, 11) is 3.24. The van der Waals surface area contributed by atoms with E-state index in [4.69, 9.17) is 9.47 Å². The molecule has 0 saturated carbocycles. The van der Waals surface area contributed by atoms with Crippen molar-refractivity contribution in [1.29, 1.82) is 0 Å². The van der Waals surface area contributed by atoms with Gasteiger partial charge in [-0.15, -0.1) is 10.2 Å². The van der Waals surface area contributed by atoms with Crippen LogP contribution in [0, 0.1) is 0 Å². The van der Waals surface area contributed by atoms with Crippen molar-refractivity contribution in [2.45, 2.75) is 17.2 Å². The molecule has 32 heavy (non-hydrogen) atoms. The Kier molecular flexibility index (Phi) is 9.57. The van der Waals surface area contributed by atoms with E-state index < -0.39 is 0 Å². The summed E-state index contributed by atoms with van der Waals surface area (Å²) in [5, 5.41) is 12.1. The lowest BCUT2D eigenvalue weighted by atomic mass is 10.1. The maximum Gasteiger partial charge on any atom is 0.230 e. The molecule has 0 atom stereocenters. The van der Waals surface area contributed by atoms with E-state index in [9.17, 15) is 9.59 Å². The molecule has 1 aliphatic heterocycles. The van der Waals surface area contributed by atoms with Crippen molar-refractivity contribution >= 4 is 40.0 Å². The highest BCUT2D eigenvalue weighted by molar-refractivity contribution is 8.01. The molecule has 1 aliphatic rings. The van der Waals surface area contributed by atoms with Gasteiger partial charge >= 0.3 is 0 Å². The third-order valence-electron chi connectivity index (χ3n) is 5.04. The summed E-state index contributed by atoms with van der Waals surface area (Å²) in [6.45, 7) is 3.79. The van der Waals surface area contributed by atoms with Crippen LogP contribution in [-0.4, -0.2) is 86.2 Å². The predicted octanol–water partition coefficient (Wildman–Crippen LogP) is 1.68. The Balaban J connectivity index is 1.38. The molecule has 1 aromatic carbocycles. The van der Waals surface area contributed by atoms with Gasteiger partial charge in [-0.1, -0.05) is 35.2 Å². The van der Waals surface area contributed by atoms with E-state index in [-0.39, 0.29) is 11.8 Å². The Bertz CT molecular complexity index is 869. The van der Waals surface area contributed by atoms with Crippen molar-refractivity contribution in [1.82, 2.24) is 20.4 Å². The molecule has 174 valence electrons. The second-order valence-corrected chi connectivity index (χ2v) is 9.38. The zero-order valence-electron chi connectivity index (χ0n) is 18.4. The lowest BCUT2D eigenvalue weighted by Crippen LogP contribution is -2.48. The number of nitrogens with zero attached hydrogens (tertiary/aromatic N) is 4. The predicted molar refractivity (Wildman–Crippen MR) is 126 cm³/mol. The number of aromatic nitrogens is 2. The molecule has 1 saturated heterocycles. The van der Waals surface area contributed by atoms with Crippen LogP contribution in [0.5, 0.6) is 5.75 Å². The number of benzene rings is 1. The fraction of sp³-hybridized carbons (Fsp3) is 0.524. The summed E-state index contributed by atoms with van der Waals surface area (Å²) in [6, 6.07) is 7.83. The summed E-state index contributed by atoms with van der Waals surface area (Å²) in [5.41, 5.74) is 1.13. The molecule has 2 heterocycles. The van der Waals surface area contributed by atoms with Gasteiger partial charge in [-0.2, -0.15) is 0 Å². The Hall–Kier alpha value is -2.37. The van der Waals surface area contributed by atoms with Crippen LogP contribution >= 0.6 is 23.1 Å². The standard InChI is InChI=1S/C21H29N5O4S2/c1-29-14-9-22-18(27)15-31-21-24-23-20(32-21)26-12-10-25(11-13-26)19(28)8-5-16-3-6-17(30-2)7-4-16/h3-4,6-7H,5,8-15H2,1-2H3,(H,22,27). The SMILES string of the molecule is COCCNC(=O)CSc1nnc(N2CCN(C(=O)CCc3ccc(OC)cc3)CC2)s1. The summed E-state index contributed by atoms with van der Waals surface area (Å²) < 4.78 is 10.8. The highest BCUT2D eigenvalue weighted by Crippen LogP contribution is 2.28. The number of carbonyl (C=O) groups excluding carboxylic acids is 2. The molecule has 1 N–H and O–H groups in total. The average molecular weight is 480 g/mol. The Morgan fingerprint density at radius 3 is 2.56 bits per heavy atom. The van der Waals surface area contributed by atoms with Crippen LogP contribution in [-0.2, 0) is 20.7 Å². The second-order valence-electron chi connectivity index (χ2n) is 7.20. The summed E-state index contributed by atoms with van der Waals surface area (Å²) in [5.74, 6) is 1.24. The van der Waals surface area contributed by atoms with Crippen molar-refractivity contribution in [2.24, 2.45) is 0 Å². The molecule has 0 radical (unpaired) electrons. The van der Waals surface area contributed by atoms with Gasteiger partial charge in [0.15, 0.2) is 4.34 Å². The molecule has 9 nitrogen and oxygen atoms in total. The van der Waals surface area contributed by atoms with Gasteiger partial charge in [0.05, 0.1) is 19.5 Å².